The number of nitrogens with zero attached hydrogens (tertiary/aromatic N) is 1. The van der Waals surface area contributed by atoms with E-state index in [9.17, 15) is 0 Å². The van der Waals surface area contributed by atoms with Gasteiger partial charge in [0.15, 0.2) is 8.07 Å². The van der Waals surface area contributed by atoms with Crippen molar-refractivity contribution >= 4 is 56.7 Å². The molecule has 0 atom stereocenters. The Bertz CT molecular complexity index is 3450. The third-order valence-corrected chi connectivity index (χ3v) is 22.0. The molecule has 4 aliphatic carbocycles. The zero-order chi connectivity index (χ0) is 46.2. The molecule has 10 aromatic carbocycles. The average molecular weight is 914 g/mol. The van der Waals surface area contributed by atoms with Crippen LogP contribution >= 0.6 is 0 Å². The minimum atomic E-state index is -2.63. The van der Waals surface area contributed by atoms with Crippen LogP contribution in [-0.4, -0.2) is 8.07 Å². The second kappa shape index (κ2) is 16.6. The molecule has 15 rings (SSSR count). The molecule has 4 bridgehead atoms. The molecular formula is C68H55NSi. The van der Waals surface area contributed by atoms with Gasteiger partial charge >= 0.3 is 0 Å². The Balaban J connectivity index is 0.861. The van der Waals surface area contributed by atoms with E-state index in [1.807, 2.05) is 0 Å². The van der Waals surface area contributed by atoms with Gasteiger partial charge in [0, 0.05) is 17.1 Å². The molecule has 5 aliphatic rings. The number of anilines is 3. The van der Waals surface area contributed by atoms with Gasteiger partial charge in [0.25, 0.3) is 0 Å². The monoisotopic (exact) mass is 913 g/mol. The summed E-state index contributed by atoms with van der Waals surface area (Å²) in [5.41, 5.74) is 15.6. The Morgan fingerprint density at radius 2 is 0.729 bits per heavy atom. The molecule has 0 amide bonds. The molecule has 1 heterocycles. The van der Waals surface area contributed by atoms with Gasteiger partial charge in [0.2, 0.25) is 0 Å². The summed E-state index contributed by atoms with van der Waals surface area (Å²) < 4.78 is 0. The standard InChI is InChI=1S/C68H55NSi/c1-3-13-52(14-4-1)61-21-11-15-54-16-12-22-62(67(54)61)53-29-35-57(36-30-53)69(56-33-27-51(28-34-56)50-25-31-55(32-26-50)68-44-47-41-48(45-68)43-49(42-47)46-68)58-37-39-60(40-38-58)70(59-17-5-2-6-18-59)65-23-9-7-19-63(65)64-20-8-10-24-66(64)70/h1-40,47-49H,41-46H2. The predicted octanol–water partition coefficient (Wildman–Crippen LogP) is 15.1. The van der Waals surface area contributed by atoms with E-state index in [0.29, 0.717) is 5.41 Å². The maximum absolute atomic E-state index is 2.63. The Kier molecular flexibility index (Phi) is 9.81. The van der Waals surface area contributed by atoms with Gasteiger partial charge in [0.1, 0.15) is 0 Å². The van der Waals surface area contributed by atoms with Crippen LogP contribution in [0.25, 0.3) is 55.3 Å². The van der Waals surface area contributed by atoms with E-state index in [-0.39, 0.29) is 0 Å². The van der Waals surface area contributed by atoms with Crippen LogP contribution in [-0.2, 0) is 5.41 Å². The molecule has 2 heteroatoms. The highest BCUT2D eigenvalue weighted by molar-refractivity contribution is 7.22. The third kappa shape index (κ3) is 6.64. The van der Waals surface area contributed by atoms with Crippen molar-refractivity contribution in [3.8, 4) is 44.5 Å². The summed E-state index contributed by atoms with van der Waals surface area (Å²) in [7, 11) is -2.63. The van der Waals surface area contributed by atoms with Gasteiger partial charge in [0.05, 0.1) is 0 Å². The SMILES string of the molecule is c1ccc(-c2cccc3cccc(-c4ccc(N(c5ccc(-c6ccc(C78CC9CC(CC(C9)C7)C8)cc6)cc5)c5ccc([Si]6(c7ccccc7)c7ccccc7-c7ccccc76)cc5)cc4)c23)cc1. The first-order chi connectivity index (χ1) is 34.6. The summed E-state index contributed by atoms with van der Waals surface area (Å²) >= 11 is 0. The van der Waals surface area contributed by atoms with Crippen LogP contribution in [0.1, 0.15) is 44.1 Å². The van der Waals surface area contributed by atoms with E-state index < -0.39 is 8.07 Å². The van der Waals surface area contributed by atoms with Crippen molar-refractivity contribution in [2.45, 2.75) is 43.9 Å². The zero-order valence-corrected chi connectivity index (χ0v) is 40.5. The first-order valence-electron chi connectivity index (χ1n) is 25.7. The van der Waals surface area contributed by atoms with Crippen LogP contribution in [0, 0.1) is 17.8 Å². The van der Waals surface area contributed by atoms with Crippen molar-refractivity contribution in [2.24, 2.45) is 17.8 Å². The first-order valence-corrected chi connectivity index (χ1v) is 27.7. The third-order valence-electron chi connectivity index (χ3n) is 17.1. The normalized spacial score (nSPS) is 20.3. The number of fused-ring (bicyclic) bond motifs is 4. The number of rotatable bonds is 9. The minimum Gasteiger partial charge on any atom is -0.311 e. The Morgan fingerprint density at radius 1 is 0.329 bits per heavy atom. The van der Waals surface area contributed by atoms with Crippen LogP contribution in [0.3, 0.4) is 0 Å². The van der Waals surface area contributed by atoms with Gasteiger partial charge < -0.3 is 4.90 Å². The lowest BCUT2D eigenvalue weighted by molar-refractivity contribution is -0.00518. The molecular weight excluding hydrogens is 859 g/mol. The van der Waals surface area contributed by atoms with Crippen LogP contribution in [0.2, 0.25) is 0 Å². The quantitative estimate of drug-likeness (QED) is 0.130. The molecule has 1 nitrogen and oxygen atoms in total. The highest BCUT2D eigenvalue weighted by Crippen LogP contribution is 2.61. The molecule has 4 saturated carbocycles. The maximum Gasteiger partial charge on any atom is 0.180 e. The fourth-order valence-corrected chi connectivity index (χ4v) is 19.7. The summed E-state index contributed by atoms with van der Waals surface area (Å²) in [6.07, 6.45) is 8.64. The molecule has 10 aromatic rings. The summed E-state index contributed by atoms with van der Waals surface area (Å²) in [5, 5.41) is 8.27. The number of hydrogen-bond acceptors (Lipinski definition) is 1. The Hall–Kier alpha value is -7.52. The van der Waals surface area contributed by atoms with Crippen LogP contribution in [0.4, 0.5) is 17.1 Å². The molecule has 1 aliphatic heterocycles. The largest absolute Gasteiger partial charge is 0.311 e. The van der Waals surface area contributed by atoms with Crippen LogP contribution in [0.5, 0.6) is 0 Å². The van der Waals surface area contributed by atoms with Crippen LogP contribution in [0.15, 0.2) is 243 Å². The Morgan fingerprint density at radius 3 is 1.26 bits per heavy atom. The lowest BCUT2D eigenvalue weighted by Crippen LogP contribution is -2.72. The molecule has 0 saturated heterocycles. The van der Waals surface area contributed by atoms with Crippen molar-refractivity contribution in [3.05, 3.63) is 248 Å². The van der Waals surface area contributed by atoms with Crippen molar-refractivity contribution in [1.82, 2.24) is 0 Å². The highest BCUT2D eigenvalue weighted by atomic mass is 28.3. The molecule has 0 N–H and O–H groups in total. The molecule has 70 heavy (non-hydrogen) atoms. The maximum atomic E-state index is 2.48. The highest BCUT2D eigenvalue weighted by Gasteiger charge is 2.52. The van der Waals surface area contributed by atoms with Gasteiger partial charge in [-0.25, -0.2) is 0 Å². The summed E-state index contributed by atoms with van der Waals surface area (Å²) in [4.78, 5) is 2.44. The molecule has 4 fully saturated rings. The summed E-state index contributed by atoms with van der Waals surface area (Å²) in [6.45, 7) is 0. The average Bonchev–Trinajstić information content (AvgIpc) is 3.72. The second-order valence-corrected chi connectivity index (χ2v) is 24.8. The van der Waals surface area contributed by atoms with E-state index in [4.69, 9.17) is 0 Å². The molecule has 0 aromatic heterocycles. The van der Waals surface area contributed by atoms with Crippen LogP contribution < -0.4 is 25.6 Å². The zero-order valence-electron chi connectivity index (χ0n) is 39.5. The van der Waals surface area contributed by atoms with Gasteiger partial charge in [-0.15, -0.1) is 0 Å². The fraction of sp³-hybridized carbons (Fsp3) is 0.147. The van der Waals surface area contributed by atoms with E-state index in [1.54, 1.807) is 5.56 Å². The topological polar surface area (TPSA) is 3.24 Å². The van der Waals surface area contributed by atoms with Gasteiger partial charge in [-0.3, -0.25) is 0 Å². The van der Waals surface area contributed by atoms with Crippen molar-refractivity contribution in [2.75, 3.05) is 4.90 Å². The second-order valence-electron chi connectivity index (χ2n) is 21.0. The van der Waals surface area contributed by atoms with Gasteiger partial charge in [-0.2, -0.15) is 0 Å². The predicted molar refractivity (Wildman–Crippen MR) is 297 cm³/mol. The van der Waals surface area contributed by atoms with Crippen molar-refractivity contribution in [1.29, 1.82) is 0 Å². The molecule has 0 spiro atoms. The van der Waals surface area contributed by atoms with Crippen molar-refractivity contribution in [3.63, 3.8) is 0 Å². The van der Waals surface area contributed by atoms with E-state index in [1.165, 1.54) is 115 Å². The number of hydrogen-bond donors (Lipinski definition) is 0. The molecule has 0 radical (unpaired) electrons. The van der Waals surface area contributed by atoms with E-state index in [0.717, 1.165) is 34.8 Å². The molecule has 0 unspecified atom stereocenters. The lowest BCUT2D eigenvalue weighted by Gasteiger charge is -2.57. The molecule has 336 valence electrons. The van der Waals surface area contributed by atoms with E-state index in [2.05, 4.69) is 248 Å². The van der Waals surface area contributed by atoms with Gasteiger partial charge in [-0.05, 0) is 180 Å². The smallest absolute Gasteiger partial charge is 0.180 e. The van der Waals surface area contributed by atoms with E-state index >= 15 is 0 Å². The minimum absolute atomic E-state index is 0.411. The fourth-order valence-electron chi connectivity index (χ4n) is 14.5. The first kappa shape index (κ1) is 41.4. The Labute approximate surface area is 413 Å². The lowest BCUT2D eigenvalue weighted by atomic mass is 9.48. The van der Waals surface area contributed by atoms with Crippen molar-refractivity contribution < 1.29 is 0 Å². The van der Waals surface area contributed by atoms with Gasteiger partial charge in [-0.1, -0.05) is 206 Å². The summed E-state index contributed by atoms with van der Waals surface area (Å²) in [6, 6.07) is 91.8. The summed E-state index contributed by atoms with van der Waals surface area (Å²) in [5.74, 6) is 2.84. The number of benzene rings is 10.